The van der Waals surface area contributed by atoms with E-state index in [1.807, 2.05) is 11.8 Å². The summed E-state index contributed by atoms with van der Waals surface area (Å²) < 4.78 is 0. The molecule has 0 radical (unpaired) electrons. The van der Waals surface area contributed by atoms with Gasteiger partial charge in [-0.2, -0.15) is 0 Å². The van der Waals surface area contributed by atoms with E-state index in [2.05, 4.69) is 19.2 Å². The molecule has 15 heavy (non-hydrogen) atoms. The Kier molecular flexibility index (Phi) is 3.29. The highest BCUT2D eigenvalue weighted by Crippen LogP contribution is 2.37. The van der Waals surface area contributed by atoms with Gasteiger partial charge in [-0.05, 0) is 43.3 Å². The lowest BCUT2D eigenvalue weighted by Gasteiger charge is -2.19. The van der Waals surface area contributed by atoms with Gasteiger partial charge in [0, 0.05) is 6.04 Å². The normalized spacial score (nSPS) is 34.3. The average molecular weight is 227 g/mol. The van der Waals surface area contributed by atoms with Crippen LogP contribution in [-0.4, -0.2) is 23.0 Å². The van der Waals surface area contributed by atoms with Crippen molar-refractivity contribution in [3.8, 4) is 0 Å². The maximum atomic E-state index is 11.9. The van der Waals surface area contributed by atoms with Gasteiger partial charge < -0.3 is 5.32 Å². The summed E-state index contributed by atoms with van der Waals surface area (Å²) in [6.07, 6.45) is 5.84. The van der Waals surface area contributed by atoms with Crippen LogP contribution in [0.4, 0.5) is 0 Å². The smallest absolute Gasteiger partial charge is 0.233 e. The summed E-state index contributed by atoms with van der Waals surface area (Å²) >= 11 is 1.82. The molecule has 2 atom stereocenters. The molecular weight excluding hydrogens is 206 g/mol. The third kappa shape index (κ3) is 2.90. The minimum atomic E-state index is 0.244. The fourth-order valence-electron chi connectivity index (χ4n) is 2.64. The van der Waals surface area contributed by atoms with Crippen molar-refractivity contribution in [2.45, 2.75) is 57.2 Å². The van der Waals surface area contributed by atoms with E-state index in [9.17, 15) is 4.79 Å². The Morgan fingerprint density at radius 2 is 2.20 bits per heavy atom. The van der Waals surface area contributed by atoms with Crippen molar-refractivity contribution in [1.82, 2.24) is 5.32 Å². The van der Waals surface area contributed by atoms with Crippen LogP contribution >= 0.6 is 11.8 Å². The maximum Gasteiger partial charge on any atom is 0.233 e. The molecule has 0 spiro atoms. The largest absolute Gasteiger partial charge is 0.352 e. The van der Waals surface area contributed by atoms with Gasteiger partial charge in [0.25, 0.3) is 0 Å². The molecule has 1 heterocycles. The Bertz CT molecular complexity index is 246. The number of amides is 1. The van der Waals surface area contributed by atoms with Gasteiger partial charge in [-0.25, -0.2) is 0 Å². The first kappa shape index (κ1) is 11.3. The molecule has 2 fully saturated rings. The van der Waals surface area contributed by atoms with E-state index in [4.69, 9.17) is 0 Å². The SMILES string of the molecule is CC1(C)CCC(NC(=O)C2CCCS2)C1. The first-order chi connectivity index (χ1) is 7.07. The number of hydrogen-bond acceptors (Lipinski definition) is 2. The molecule has 1 saturated carbocycles. The molecule has 0 bridgehead atoms. The van der Waals surface area contributed by atoms with Crippen molar-refractivity contribution >= 4 is 17.7 Å². The van der Waals surface area contributed by atoms with E-state index in [1.165, 1.54) is 12.8 Å². The van der Waals surface area contributed by atoms with Gasteiger partial charge in [0.15, 0.2) is 0 Å². The van der Waals surface area contributed by atoms with Crippen molar-refractivity contribution in [3.63, 3.8) is 0 Å². The highest BCUT2D eigenvalue weighted by atomic mass is 32.2. The van der Waals surface area contributed by atoms with Gasteiger partial charge in [-0.3, -0.25) is 4.79 Å². The predicted octanol–water partition coefficient (Wildman–Crippen LogP) is 2.58. The molecule has 2 aliphatic rings. The average Bonchev–Trinajstić information content (AvgIpc) is 2.74. The van der Waals surface area contributed by atoms with Crippen LogP contribution in [0.3, 0.4) is 0 Å². The van der Waals surface area contributed by atoms with Gasteiger partial charge in [0.05, 0.1) is 5.25 Å². The predicted molar refractivity (Wildman–Crippen MR) is 65.0 cm³/mol. The van der Waals surface area contributed by atoms with Gasteiger partial charge in [0.1, 0.15) is 0 Å². The Morgan fingerprint density at radius 3 is 2.73 bits per heavy atom. The number of hydrogen-bond donors (Lipinski definition) is 1. The zero-order valence-electron chi connectivity index (χ0n) is 9.71. The van der Waals surface area contributed by atoms with E-state index in [0.717, 1.165) is 25.0 Å². The second-order valence-electron chi connectivity index (χ2n) is 5.61. The molecule has 2 rings (SSSR count). The van der Waals surface area contributed by atoms with Crippen LogP contribution in [0.1, 0.15) is 46.0 Å². The van der Waals surface area contributed by atoms with Crippen molar-refractivity contribution in [2.24, 2.45) is 5.41 Å². The standard InChI is InChI=1S/C12H21NOS/c1-12(2)6-5-9(8-12)13-11(14)10-4-3-7-15-10/h9-10H,3-8H2,1-2H3,(H,13,14). The molecule has 1 amide bonds. The first-order valence-corrected chi connectivity index (χ1v) is 7.04. The second-order valence-corrected chi connectivity index (χ2v) is 6.92. The van der Waals surface area contributed by atoms with Gasteiger partial charge in [0.2, 0.25) is 5.91 Å². The molecule has 0 aromatic heterocycles. The summed E-state index contributed by atoms with van der Waals surface area (Å²) in [6, 6.07) is 0.439. The summed E-state index contributed by atoms with van der Waals surface area (Å²) in [5.41, 5.74) is 0.431. The molecule has 2 unspecified atom stereocenters. The highest BCUT2D eigenvalue weighted by molar-refractivity contribution is 8.00. The van der Waals surface area contributed by atoms with Crippen molar-refractivity contribution < 1.29 is 4.79 Å². The lowest BCUT2D eigenvalue weighted by Crippen LogP contribution is -2.38. The lowest BCUT2D eigenvalue weighted by molar-refractivity contribution is -0.121. The topological polar surface area (TPSA) is 29.1 Å². The summed E-state index contributed by atoms with van der Waals surface area (Å²) in [6.45, 7) is 4.59. The fourth-order valence-corrected chi connectivity index (χ4v) is 3.81. The Balaban J connectivity index is 1.79. The Labute approximate surface area is 96.6 Å². The maximum absolute atomic E-state index is 11.9. The van der Waals surface area contributed by atoms with Crippen LogP contribution in [-0.2, 0) is 4.79 Å². The number of thioether (sulfide) groups is 1. The molecule has 0 aromatic carbocycles. The molecule has 1 aliphatic heterocycles. The van der Waals surface area contributed by atoms with Crippen LogP contribution in [0.2, 0.25) is 0 Å². The van der Waals surface area contributed by atoms with Gasteiger partial charge in [-0.1, -0.05) is 13.8 Å². The van der Waals surface area contributed by atoms with E-state index in [0.29, 0.717) is 17.4 Å². The van der Waals surface area contributed by atoms with Crippen LogP contribution in [0.5, 0.6) is 0 Å². The zero-order chi connectivity index (χ0) is 10.9. The zero-order valence-corrected chi connectivity index (χ0v) is 10.5. The van der Waals surface area contributed by atoms with Crippen LogP contribution in [0.15, 0.2) is 0 Å². The Hall–Kier alpha value is -0.180. The van der Waals surface area contributed by atoms with Gasteiger partial charge >= 0.3 is 0 Å². The molecule has 1 saturated heterocycles. The summed E-state index contributed by atoms with van der Waals surface area (Å²) in [5.74, 6) is 1.45. The number of carbonyl (C=O) groups excluding carboxylic acids is 1. The summed E-state index contributed by atoms with van der Waals surface area (Å²) in [5, 5.41) is 3.46. The number of carbonyl (C=O) groups is 1. The first-order valence-electron chi connectivity index (χ1n) is 5.99. The Morgan fingerprint density at radius 1 is 1.40 bits per heavy atom. The monoisotopic (exact) mass is 227 g/mol. The second kappa shape index (κ2) is 4.36. The minimum absolute atomic E-state index is 0.244. The minimum Gasteiger partial charge on any atom is -0.352 e. The molecule has 1 aliphatic carbocycles. The fraction of sp³-hybridized carbons (Fsp3) is 0.917. The van der Waals surface area contributed by atoms with Crippen LogP contribution < -0.4 is 5.32 Å². The molecular formula is C12H21NOS. The highest BCUT2D eigenvalue weighted by Gasteiger charge is 2.33. The quantitative estimate of drug-likeness (QED) is 0.785. The molecule has 0 aromatic rings. The van der Waals surface area contributed by atoms with E-state index >= 15 is 0 Å². The van der Waals surface area contributed by atoms with Crippen LogP contribution in [0, 0.1) is 5.41 Å². The molecule has 1 N–H and O–H groups in total. The number of nitrogens with one attached hydrogen (secondary N) is 1. The van der Waals surface area contributed by atoms with E-state index in [-0.39, 0.29) is 5.25 Å². The van der Waals surface area contributed by atoms with Crippen molar-refractivity contribution in [1.29, 1.82) is 0 Å². The summed E-state index contributed by atoms with van der Waals surface area (Å²) in [7, 11) is 0. The third-order valence-corrected chi connectivity index (χ3v) is 4.91. The van der Waals surface area contributed by atoms with E-state index in [1.54, 1.807) is 0 Å². The summed E-state index contributed by atoms with van der Waals surface area (Å²) in [4.78, 5) is 11.9. The molecule has 2 nitrogen and oxygen atoms in total. The third-order valence-electron chi connectivity index (χ3n) is 3.54. The lowest BCUT2D eigenvalue weighted by atomic mass is 9.92. The van der Waals surface area contributed by atoms with Crippen molar-refractivity contribution in [3.05, 3.63) is 0 Å². The van der Waals surface area contributed by atoms with E-state index < -0.39 is 0 Å². The molecule has 3 heteroatoms. The van der Waals surface area contributed by atoms with Gasteiger partial charge in [-0.15, -0.1) is 11.8 Å². The van der Waals surface area contributed by atoms with Crippen molar-refractivity contribution in [2.75, 3.05) is 5.75 Å². The van der Waals surface area contributed by atoms with Crippen LogP contribution in [0.25, 0.3) is 0 Å². The molecule has 86 valence electrons. The number of rotatable bonds is 2.